The molecule has 0 atom stereocenters. The number of esters is 1. The van der Waals surface area contributed by atoms with Crippen LogP contribution in [0.1, 0.15) is 33.3 Å². The molecule has 0 saturated carbocycles. The number of aromatic nitrogens is 1. The molecular formula is C32H28FN3O7S. The lowest BCUT2D eigenvalue weighted by atomic mass is 10.0. The first-order valence-electron chi connectivity index (χ1n) is 13.5. The first kappa shape index (κ1) is 30.2. The topological polar surface area (TPSA) is 137 Å². The monoisotopic (exact) mass is 617 g/mol. The lowest BCUT2D eigenvalue weighted by molar-refractivity contribution is 0.0588. The summed E-state index contributed by atoms with van der Waals surface area (Å²) in [6.07, 6.45) is 0. The maximum Gasteiger partial charge on any atom is 0.360 e. The number of halogens is 1. The molecule has 10 nitrogen and oxygen atoms in total. The van der Waals surface area contributed by atoms with E-state index in [1.807, 2.05) is 30.3 Å². The van der Waals surface area contributed by atoms with Gasteiger partial charge in [-0.1, -0.05) is 30.3 Å². The Balaban J connectivity index is 1.71. The minimum atomic E-state index is -3.79. The molecule has 0 unspecified atom stereocenters. The summed E-state index contributed by atoms with van der Waals surface area (Å²) >= 11 is 0. The van der Waals surface area contributed by atoms with Gasteiger partial charge in [0.2, 0.25) is 10.0 Å². The number of anilines is 1. The predicted octanol–water partition coefficient (Wildman–Crippen LogP) is 5.79. The zero-order chi connectivity index (χ0) is 31.4. The lowest BCUT2D eigenvalue weighted by Gasteiger charge is -2.15. The van der Waals surface area contributed by atoms with Gasteiger partial charge in [-0.2, -0.15) is 0 Å². The van der Waals surface area contributed by atoms with Crippen molar-refractivity contribution in [3.63, 3.8) is 0 Å². The molecule has 0 aliphatic carbocycles. The Morgan fingerprint density at radius 1 is 1.00 bits per heavy atom. The highest BCUT2D eigenvalue weighted by Crippen LogP contribution is 2.40. The molecule has 0 radical (unpaired) electrons. The van der Waals surface area contributed by atoms with Crippen molar-refractivity contribution in [2.24, 2.45) is 0 Å². The Kier molecular flexibility index (Phi) is 8.63. The average Bonchev–Trinajstić information content (AvgIpc) is 3.41. The Morgan fingerprint density at radius 3 is 2.39 bits per heavy atom. The number of hydrogen-bond acceptors (Lipinski definition) is 8. The van der Waals surface area contributed by atoms with Gasteiger partial charge in [-0.3, -0.25) is 9.52 Å². The van der Waals surface area contributed by atoms with Crippen LogP contribution in [-0.4, -0.2) is 45.2 Å². The van der Waals surface area contributed by atoms with Gasteiger partial charge in [-0.25, -0.2) is 22.6 Å². The third-order valence-electron chi connectivity index (χ3n) is 6.78. The number of pyridine rings is 1. The van der Waals surface area contributed by atoms with Crippen LogP contribution in [0.25, 0.3) is 33.6 Å². The Bertz CT molecular complexity index is 1960. The highest BCUT2D eigenvalue weighted by atomic mass is 32.2. The van der Waals surface area contributed by atoms with E-state index in [9.17, 15) is 22.4 Å². The van der Waals surface area contributed by atoms with E-state index in [-0.39, 0.29) is 57.7 Å². The molecule has 3 aromatic carbocycles. The standard InChI is InChI=1S/C32H28FN3O7S/c1-4-44(39,40)36-25-17-27-23(28(31(37)34-2)30(43-27)20-10-12-21(33)13-11-20)16-22(25)24-14-15-26(29(35-24)32(38)41-3)42-18-19-8-6-5-7-9-19/h5-17,36H,4,18H2,1-3H3,(H,34,37). The molecule has 0 bridgehead atoms. The van der Waals surface area contributed by atoms with Gasteiger partial charge in [-0.05, 0) is 55.0 Å². The van der Waals surface area contributed by atoms with Crippen LogP contribution in [0.3, 0.4) is 0 Å². The number of hydrogen-bond donors (Lipinski definition) is 2. The number of furan rings is 1. The van der Waals surface area contributed by atoms with E-state index in [2.05, 4.69) is 15.0 Å². The normalized spacial score (nSPS) is 11.3. The van der Waals surface area contributed by atoms with Crippen LogP contribution in [0.2, 0.25) is 0 Å². The second kappa shape index (κ2) is 12.6. The zero-order valence-electron chi connectivity index (χ0n) is 24.0. The molecule has 2 heterocycles. The number of fused-ring (bicyclic) bond motifs is 1. The van der Waals surface area contributed by atoms with E-state index >= 15 is 0 Å². The molecule has 0 aliphatic rings. The molecule has 5 rings (SSSR count). The number of rotatable bonds is 10. The Hall–Kier alpha value is -5.23. The third kappa shape index (κ3) is 6.25. The van der Waals surface area contributed by atoms with E-state index in [1.165, 1.54) is 51.4 Å². The highest BCUT2D eigenvalue weighted by Gasteiger charge is 2.26. The first-order valence-corrected chi connectivity index (χ1v) is 15.1. The van der Waals surface area contributed by atoms with Crippen molar-refractivity contribution in [3.8, 4) is 28.3 Å². The molecule has 0 aliphatic heterocycles. The van der Waals surface area contributed by atoms with Gasteiger partial charge in [0.25, 0.3) is 5.91 Å². The van der Waals surface area contributed by atoms with Crippen LogP contribution in [-0.2, 0) is 21.4 Å². The van der Waals surface area contributed by atoms with E-state index < -0.39 is 27.7 Å². The maximum atomic E-state index is 13.7. The van der Waals surface area contributed by atoms with Crippen LogP contribution in [0.4, 0.5) is 10.1 Å². The second-order valence-corrected chi connectivity index (χ2v) is 11.6. The SMILES string of the molecule is CCS(=O)(=O)Nc1cc2oc(-c3ccc(F)cc3)c(C(=O)NC)c2cc1-c1ccc(OCc2ccccc2)c(C(=O)OC)n1. The van der Waals surface area contributed by atoms with Gasteiger partial charge >= 0.3 is 5.97 Å². The van der Waals surface area contributed by atoms with Gasteiger partial charge in [-0.15, -0.1) is 0 Å². The number of nitrogens with zero attached hydrogens (tertiary/aromatic N) is 1. The summed E-state index contributed by atoms with van der Waals surface area (Å²) < 4.78 is 58.5. The molecular weight excluding hydrogens is 589 g/mol. The predicted molar refractivity (Wildman–Crippen MR) is 163 cm³/mol. The minimum absolute atomic E-state index is 0.100. The summed E-state index contributed by atoms with van der Waals surface area (Å²) in [6, 6.07) is 20.9. The molecule has 0 saturated heterocycles. The fraction of sp³-hybridized carbons (Fsp3) is 0.156. The number of ether oxygens (including phenoxy) is 2. The highest BCUT2D eigenvalue weighted by molar-refractivity contribution is 7.92. The maximum absolute atomic E-state index is 13.7. The fourth-order valence-electron chi connectivity index (χ4n) is 4.53. The number of sulfonamides is 1. The number of carbonyl (C=O) groups excluding carboxylic acids is 2. The summed E-state index contributed by atoms with van der Waals surface area (Å²) in [6.45, 7) is 1.65. The molecule has 0 fully saturated rings. The molecule has 2 aromatic heterocycles. The lowest BCUT2D eigenvalue weighted by Crippen LogP contribution is -2.18. The fourth-order valence-corrected chi connectivity index (χ4v) is 5.17. The van der Waals surface area contributed by atoms with Crippen molar-refractivity contribution < 1.29 is 36.3 Å². The summed E-state index contributed by atoms with van der Waals surface area (Å²) in [5.41, 5.74) is 2.07. The minimum Gasteiger partial charge on any atom is -0.486 e. The van der Waals surface area contributed by atoms with Crippen LogP contribution >= 0.6 is 0 Å². The Labute approximate surface area is 252 Å². The molecule has 2 N–H and O–H groups in total. The third-order valence-corrected chi connectivity index (χ3v) is 8.08. The van der Waals surface area contributed by atoms with Crippen molar-refractivity contribution in [2.75, 3.05) is 24.6 Å². The average molecular weight is 618 g/mol. The van der Waals surface area contributed by atoms with Crippen molar-refractivity contribution >= 4 is 38.6 Å². The van der Waals surface area contributed by atoms with Crippen LogP contribution in [0, 0.1) is 5.82 Å². The number of methoxy groups -OCH3 is 1. The molecule has 1 amide bonds. The molecule has 44 heavy (non-hydrogen) atoms. The summed E-state index contributed by atoms with van der Waals surface area (Å²) in [5, 5.41) is 2.93. The van der Waals surface area contributed by atoms with Crippen LogP contribution in [0.15, 0.2) is 83.3 Å². The van der Waals surface area contributed by atoms with Crippen LogP contribution in [0.5, 0.6) is 5.75 Å². The van der Waals surface area contributed by atoms with Crippen molar-refractivity contribution in [1.29, 1.82) is 0 Å². The van der Waals surface area contributed by atoms with E-state index in [0.717, 1.165) is 5.56 Å². The van der Waals surface area contributed by atoms with Gasteiger partial charge < -0.3 is 19.2 Å². The largest absolute Gasteiger partial charge is 0.486 e. The molecule has 5 aromatic rings. The first-order chi connectivity index (χ1) is 21.1. The molecule has 12 heteroatoms. The van der Waals surface area contributed by atoms with Gasteiger partial charge in [0.15, 0.2) is 11.4 Å². The Morgan fingerprint density at radius 2 is 1.73 bits per heavy atom. The van der Waals surface area contributed by atoms with E-state index in [1.54, 1.807) is 18.2 Å². The quantitative estimate of drug-likeness (QED) is 0.188. The van der Waals surface area contributed by atoms with Crippen molar-refractivity contribution in [2.45, 2.75) is 13.5 Å². The second-order valence-electron chi connectivity index (χ2n) is 9.60. The summed E-state index contributed by atoms with van der Waals surface area (Å²) in [7, 11) is -1.12. The van der Waals surface area contributed by atoms with Gasteiger partial charge in [0.05, 0.1) is 29.8 Å². The van der Waals surface area contributed by atoms with Crippen LogP contribution < -0.4 is 14.8 Å². The van der Waals surface area contributed by atoms with Crippen molar-refractivity contribution in [1.82, 2.24) is 10.3 Å². The summed E-state index contributed by atoms with van der Waals surface area (Å²) in [4.78, 5) is 30.4. The van der Waals surface area contributed by atoms with E-state index in [4.69, 9.17) is 13.9 Å². The molecule has 226 valence electrons. The van der Waals surface area contributed by atoms with Crippen molar-refractivity contribution in [3.05, 3.63) is 102 Å². The van der Waals surface area contributed by atoms with Gasteiger partial charge in [0, 0.05) is 29.6 Å². The molecule has 0 spiro atoms. The van der Waals surface area contributed by atoms with Gasteiger partial charge in [0.1, 0.15) is 23.8 Å². The zero-order valence-corrected chi connectivity index (χ0v) is 24.8. The number of nitrogens with one attached hydrogen (secondary N) is 2. The number of benzene rings is 3. The smallest absolute Gasteiger partial charge is 0.360 e. The number of amides is 1. The van der Waals surface area contributed by atoms with E-state index in [0.29, 0.717) is 10.9 Å². The number of carbonyl (C=O) groups is 2. The summed E-state index contributed by atoms with van der Waals surface area (Å²) in [5.74, 6) is -1.61.